The van der Waals surface area contributed by atoms with Crippen LogP contribution in [0.15, 0.2) is 48.7 Å². The molecule has 1 aromatic carbocycles. The normalized spacial score (nSPS) is 15.0. The Bertz CT molecular complexity index is 1240. The second kappa shape index (κ2) is 8.51. The van der Waals surface area contributed by atoms with Crippen molar-refractivity contribution in [2.75, 3.05) is 13.1 Å². The van der Waals surface area contributed by atoms with Crippen molar-refractivity contribution in [2.45, 2.75) is 52.4 Å². The molecule has 0 aliphatic carbocycles. The maximum atomic E-state index is 4.72. The third-order valence-corrected chi connectivity index (χ3v) is 6.66. The molecular weight excluding hydrogens is 392 g/mol. The molecule has 1 saturated heterocycles. The van der Waals surface area contributed by atoms with Crippen molar-refractivity contribution in [3.8, 4) is 22.4 Å². The van der Waals surface area contributed by atoms with E-state index in [2.05, 4.69) is 85.4 Å². The third kappa shape index (κ3) is 3.95. The van der Waals surface area contributed by atoms with Gasteiger partial charge in [-0.05, 0) is 98.8 Å². The number of nitrogens with zero attached hydrogens (tertiary/aromatic N) is 2. The van der Waals surface area contributed by atoms with Gasteiger partial charge in [-0.25, -0.2) is 0 Å². The lowest BCUT2D eigenvalue weighted by Gasteiger charge is -2.22. The fourth-order valence-corrected chi connectivity index (χ4v) is 5.17. The molecule has 5 rings (SSSR count). The highest BCUT2D eigenvalue weighted by molar-refractivity contribution is 5.94. The molecule has 1 aliphatic heterocycles. The number of piperidine rings is 1. The van der Waals surface area contributed by atoms with Crippen molar-refractivity contribution < 1.29 is 0 Å². The number of benzene rings is 1. The zero-order chi connectivity index (χ0) is 22.2. The number of aryl methyl sites for hydroxylation is 2. The first-order chi connectivity index (χ1) is 15.5. The van der Waals surface area contributed by atoms with Crippen molar-refractivity contribution in [2.24, 2.45) is 0 Å². The van der Waals surface area contributed by atoms with Crippen LogP contribution in [-0.2, 0) is 0 Å². The first kappa shape index (κ1) is 20.9. The molecule has 0 amide bonds. The second-order valence-electron chi connectivity index (χ2n) is 9.46. The van der Waals surface area contributed by atoms with Gasteiger partial charge in [-0.15, -0.1) is 0 Å². The number of aromatic amines is 1. The molecule has 0 radical (unpaired) electrons. The topological polar surface area (TPSA) is 53.6 Å². The monoisotopic (exact) mass is 424 g/mol. The van der Waals surface area contributed by atoms with Crippen LogP contribution in [0.2, 0.25) is 0 Å². The lowest BCUT2D eigenvalue weighted by atomic mass is 9.91. The molecule has 32 heavy (non-hydrogen) atoms. The van der Waals surface area contributed by atoms with Gasteiger partial charge in [-0.2, -0.15) is 0 Å². The Hall–Kier alpha value is -2.98. The van der Waals surface area contributed by atoms with Crippen molar-refractivity contribution >= 4 is 10.9 Å². The average Bonchev–Trinajstić information content (AvgIpc) is 3.18. The number of hydrogen-bond donors (Lipinski definition) is 2. The summed E-state index contributed by atoms with van der Waals surface area (Å²) in [4.78, 5) is 13.0. The van der Waals surface area contributed by atoms with Crippen LogP contribution in [-0.4, -0.2) is 28.0 Å². The first-order valence-electron chi connectivity index (χ1n) is 11.8. The molecule has 1 fully saturated rings. The van der Waals surface area contributed by atoms with Gasteiger partial charge in [-0.3, -0.25) is 9.97 Å². The maximum Gasteiger partial charge on any atom is 0.0501 e. The molecule has 1 aliphatic rings. The van der Waals surface area contributed by atoms with Crippen LogP contribution in [0.1, 0.15) is 61.2 Å². The van der Waals surface area contributed by atoms with Crippen LogP contribution in [0.25, 0.3) is 33.3 Å². The van der Waals surface area contributed by atoms with Crippen LogP contribution < -0.4 is 5.32 Å². The molecule has 0 atom stereocenters. The van der Waals surface area contributed by atoms with Gasteiger partial charge < -0.3 is 10.3 Å². The summed E-state index contributed by atoms with van der Waals surface area (Å²) in [5.41, 5.74) is 10.8. The minimum atomic E-state index is 0.408. The Balaban J connectivity index is 1.60. The highest BCUT2D eigenvalue weighted by Crippen LogP contribution is 2.38. The number of H-pyrrole nitrogens is 1. The average molecular weight is 425 g/mol. The number of rotatable bonds is 4. The standard InChI is InChI=1S/C28H32N4/c1-17(2)27-24-15-21(22-9-12-30-26(16-22)20-7-10-29-11-8-20)5-6-25(24)32-28(27)23-13-18(3)31-19(4)14-23/h5-6,9,12-17,20,29,32H,7-8,10-11H2,1-4H3. The van der Waals surface area contributed by atoms with Crippen LogP contribution >= 0.6 is 0 Å². The summed E-state index contributed by atoms with van der Waals surface area (Å²) in [6.45, 7) is 10.9. The molecule has 0 spiro atoms. The molecule has 4 heterocycles. The minimum Gasteiger partial charge on any atom is -0.354 e. The van der Waals surface area contributed by atoms with E-state index in [0.29, 0.717) is 11.8 Å². The number of hydrogen-bond acceptors (Lipinski definition) is 3. The molecule has 0 unspecified atom stereocenters. The number of nitrogens with one attached hydrogen (secondary N) is 2. The van der Waals surface area contributed by atoms with Crippen LogP contribution in [0.5, 0.6) is 0 Å². The molecule has 2 N–H and O–H groups in total. The lowest BCUT2D eigenvalue weighted by molar-refractivity contribution is 0.453. The SMILES string of the molecule is Cc1cc(-c2[nH]c3ccc(-c4ccnc(C5CCNCC5)c4)cc3c2C(C)C)cc(C)n1. The van der Waals surface area contributed by atoms with E-state index in [0.717, 1.165) is 24.5 Å². The molecular formula is C28H32N4. The predicted molar refractivity (Wildman–Crippen MR) is 133 cm³/mol. The Morgan fingerprint density at radius 1 is 0.875 bits per heavy atom. The maximum absolute atomic E-state index is 4.72. The van der Waals surface area contributed by atoms with E-state index in [9.17, 15) is 0 Å². The van der Waals surface area contributed by atoms with Gasteiger partial charge in [0.2, 0.25) is 0 Å². The van der Waals surface area contributed by atoms with Gasteiger partial charge >= 0.3 is 0 Å². The number of pyridine rings is 2. The van der Waals surface area contributed by atoms with Gasteiger partial charge in [0.1, 0.15) is 0 Å². The van der Waals surface area contributed by atoms with Crippen molar-refractivity contribution in [3.63, 3.8) is 0 Å². The van der Waals surface area contributed by atoms with E-state index in [1.165, 1.54) is 57.4 Å². The molecule has 0 saturated carbocycles. The molecule has 3 aromatic heterocycles. The molecule has 4 heteroatoms. The van der Waals surface area contributed by atoms with Crippen LogP contribution in [0, 0.1) is 13.8 Å². The highest BCUT2D eigenvalue weighted by Gasteiger charge is 2.19. The number of aromatic nitrogens is 3. The zero-order valence-corrected chi connectivity index (χ0v) is 19.5. The molecule has 4 nitrogen and oxygen atoms in total. The van der Waals surface area contributed by atoms with Gasteiger partial charge in [-0.1, -0.05) is 19.9 Å². The third-order valence-electron chi connectivity index (χ3n) is 6.66. The molecule has 0 bridgehead atoms. The summed E-state index contributed by atoms with van der Waals surface area (Å²) < 4.78 is 0. The zero-order valence-electron chi connectivity index (χ0n) is 19.5. The van der Waals surface area contributed by atoms with E-state index in [1.54, 1.807) is 0 Å². The van der Waals surface area contributed by atoms with Gasteiger partial charge in [0.25, 0.3) is 0 Å². The summed E-state index contributed by atoms with van der Waals surface area (Å²) in [5, 5.41) is 4.76. The molecule has 164 valence electrons. The first-order valence-corrected chi connectivity index (χ1v) is 11.8. The van der Waals surface area contributed by atoms with Crippen LogP contribution in [0.3, 0.4) is 0 Å². The highest BCUT2D eigenvalue weighted by atomic mass is 14.9. The molecule has 4 aromatic rings. The van der Waals surface area contributed by atoms with Crippen LogP contribution in [0.4, 0.5) is 0 Å². The Morgan fingerprint density at radius 3 is 2.31 bits per heavy atom. The van der Waals surface area contributed by atoms with E-state index < -0.39 is 0 Å². The fourth-order valence-electron chi connectivity index (χ4n) is 5.17. The lowest BCUT2D eigenvalue weighted by Crippen LogP contribution is -2.27. The van der Waals surface area contributed by atoms with Gasteiger partial charge in [0, 0.05) is 45.7 Å². The van der Waals surface area contributed by atoms with E-state index in [4.69, 9.17) is 4.98 Å². The Morgan fingerprint density at radius 2 is 1.59 bits per heavy atom. The largest absolute Gasteiger partial charge is 0.354 e. The van der Waals surface area contributed by atoms with E-state index >= 15 is 0 Å². The van der Waals surface area contributed by atoms with Crippen molar-refractivity contribution in [1.82, 2.24) is 20.3 Å². The quantitative estimate of drug-likeness (QED) is 0.393. The minimum absolute atomic E-state index is 0.408. The summed E-state index contributed by atoms with van der Waals surface area (Å²) in [6, 6.07) is 15.6. The smallest absolute Gasteiger partial charge is 0.0501 e. The fraction of sp³-hybridized carbons (Fsp3) is 0.357. The number of fused-ring (bicyclic) bond motifs is 1. The Labute approximate surface area is 190 Å². The summed E-state index contributed by atoms with van der Waals surface area (Å²) in [5.74, 6) is 0.966. The van der Waals surface area contributed by atoms with E-state index in [-0.39, 0.29) is 0 Å². The predicted octanol–water partition coefficient (Wildman–Crippen LogP) is 6.50. The van der Waals surface area contributed by atoms with Crippen molar-refractivity contribution in [1.29, 1.82) is 0 Å². The Kier molecular flexibility index (Phi) is 5.56. The van der Waals surface area contributed by atoms with Gasteiger partial charge in [0.05, 0.1) is 5.69 Å². The van der Waals surface area contributed by atoms with Crippen molar-refractivity contribution in [3.05, 3.63) is 71.3 Å². The second-order valence-corrected chi connectivity index (χ2v) is 9.46. The summed E-state index contributed by atoms with van der Waals surface area (Å²) >= 11 is 0. The summed E-state index contributed by atoms with van der Waals surface area (Å²) in [7, 11) is 0. The van der Waals surface area contributed by atoms with Gasteiger partial charge in [0.15, 0.2) is 0 Å². The summed E-state index contributed by atoms with van der Waals surface area (Å²) in [6.07, 6.45) is 4.31. The van der Waals surface area contributed by atoms with E-state index in [1.807, 2.05) is 6.20 Å².